The highest BCUT2D eigenvalue weighted by Crippen LogP contribution is 2.35. The topological polar surface area (TPSA) is 49.3 Å². The van der Waals surface area contributed by atoms with Crippen LogP contribution in [0.1, 0.15) is 29.5 Å². The minimum absolute atomic E-state index is 0.0150. The number of hydrogen-bond donors (Lipinski definition) is 2. The van der Waals surface area contributed by atoms with E-state index in [-0.39, 0.29) is 24.0 Å². The van der Waals surface area contributed by atoms with Gasteiger partial charge in [-0.05, 0) is 36.1 Å². The van der Waals surface area contributed by atoms with Crippen molar-refractivity contribution in [3.8, 4) is 0 Å². The zero-order valence-corrected chi connectivity index (χ0v) is 14.6. The molecule has 140 valence electrons. The Balaban J connectivity index is 2.07. The third-order valence-corrected chi connectivity index (χ3v) is 4.29. The van der Waals surface area contributed by atoms with Crippen LogP contribution in [0.15, 0.2) is 48.5 Å². The summed E-state index contributed by atoms with van der Waals surface area (Å²) in [6.07, 6.45) is -3.56. The van der Waals surface area contributed by atoms with Gasteiger partial charge in [-0.25, -0.2) is 0 Å². The van der Waals surface area contributed by atoms with Crippen LogP contribution in [0.25, 0.3) is 0 Å². The van der Waals surface area contributed by atoms with E-state index in [9.17, 15) is 18.0 Å². The van der Waals surface area contributed by atoms with Gasteiger partial charge in [0.2, 0.25) is 0 Å². The predicted octanol–water partition coefficient (Wildman–Crippen LogP) is 4.92. The molecule has 1 atom stereocenters. The van der Waals surface area contributed by atoms with E-state index in [1.807, 2.05) is 30.3 Å². The highest BCUT2D eigenvalue weighted by molar-refractivity contribution is 6.31. The molecule has 0 heterocycles. The van der Waals surface area contributed by atoms with Crippen molar-refractivity contribution in [3.05, 3.63) is 70.2 Å². The molecule has 3 nitrogen and oxygen atoms in total. The van der Waals surface area contributed by atoms with Gasteiger partial charge in [-0.3, -0.25) is 4.79 Å². The van der Waals surface area contributed by atoms with Gasteiger partial charge in [-0.1, -0.05) is 48.0 Å². The molecule has 0 aliphatic heterocycles. The molecule has 2 aromatic rings. The summed E-state index contributed by atoms with van der Waals surface area (Å²) in [6.45, 7) is 0.192. The molecule has 26 heavy (non-hydrogen) atoms. The van der Waals surface area contributed by atoms with Crippen LogP contribution in [0.5, 0.6) is 0 Å². The predicted molar refractivity (Wildman–Crippen MR) is 94.1 cm³/mol. The maximum Gasteiger partial charge on any atom is 0.417 e. The average molecular weight is 386 g/mol. The number of alkyl halides is 3. The van der Waals surface area contributed by atoms with Crippen LogP contribution in [0, 0.1) is 0 Å². The lowest BCUT2D eigenvalue weighted by atomic mass is 10.0. The normalized spacial score (nSPS) is 12.8. The van der Waals surface area contributed by atoms with Crippen LogP contribution in [-0.4, -0.2) is 17.1 Å². The van der Waals surface area contributed by atoms with Crippen LogP contribution >= 0.6 is 11.6 Å². The minimum atomic E-state index is -4.51. The third kappa shape index (κ3) is 6.35. The van der Waals surface area contributed by atoms with Gasteiger partial charge in [0.25, 0.3) is 0 Å². The Morgan fingerprint density at radius 1 is 1.12 bits per heavy atom. The molecule has 0 radical (unpaired) electrons. The number of nitrogens with one attached hydrogen (secondary N) is 1. The van der Waals surface area contributed by atoms with Crippen LogP contribution in [0.2, 0.25) is 5.02 Å². The van der Waals surface area contributed by atoms with E-state index < -0.39 is 17.7 Å². The summed E-state index contributed by atoms with van der Waals surface area (Å²) in [4.78, 5) is 10.9. The third-order valence-electron chi connectivity index (χ3n) is 3.96. The first-order valence-corrected chi connectivity index (χ1v) is 8.48. The lowest BCUT2D eigenvalue weighted by Gasteiger charge is -2.19. The van der Waals surface area contributed by atoms with Gasteiger partial charge in [0.1, 0.15) is 0 Å². The molecule has 0 aliphatic rings. The Hall–Kier alpha value is -2.05. The standard InChI is InChI=1S/C19H19ClF3NO2/c20-17-8-6-14(11-16(17)19(21,22)23)12-24-15(7-9-18(25)26)10-13-4-2-1-3-5-13/h1-6,8,11,15,24H,7,9-10,12H2,(H,25,26). The maximum atomic E-state index is 13.0. The van der Waals surface area contributed by atoms with Crippen LogP contribution in [-0.2, 0) is 23.9 Å². The zero-order valence-electron chi connectivity index (χ0n) is 13.9. The SMILES string of the molecule is O=C(O)CCC(Cc1ccccc1)NCc1ccc(Cl)c(C(F)(F)F)c1. The molecular weight excluding hydrogens is 367 g/mol. The van der Waals surface area contributed by atoms with Crippen molar-refractivity contribution in [1.82, 2.24) is 5.32 Å². The van der Waals surface area contributed by atoms with Gasteiger partial charge in [-0.15, -0.1) is 0 Å². The first kappa shape index (κ1) is 20.3. The number of hydrogen-bond acceptors (Lipinski definition) is 2. The molecule has 0 saturated carbocycles. The Morgan fingerprint density at radius 3 is 2.42 bits per heavy atom. The minimum Gasteiger partial charge on any atom is -0.481 e. The number of carboxylic acids is 1. The molecule has 0 bridgehead atoms. The van der Waals surface area contributed by atoms with E-state index >= 15 is 0 Å². The van der Waals surface area contributed by atoms with Crippen molar-refractivity contribution >= 4 is 17.6 Å². The fourth-order valence-corrected chi connectivity index (χ4v) is 2.86. The highest BCUT2D eigenvalue weighted by atomic mass is 35.5. The highest BCUT2D eigenvalue weighted by Gasteiger charge is 2.33. The van der Waals surface area contributed by atoms with E-state index in [0.717, 1.165) is 11.6 Å². The largest absolute Gasteiger partial charge is 0.481 e. The van der Waals surface area contributed by atoms with Crippen LogP contribution < -0.4 is 5.32 Å². The maximum absolute atomic E-state index is 13.0. The zero-order chi connectivity index (χ0) is 19.2. The lowest BCUT2D eigenvalue weighted by Crippen LogP contribution is -2.31. The summed E-state index contributed by atoms with van der Waals surface area (Å²) >= 11 is 5.63. The summed E-state index contributed by atoms with van der Waals surface area (Å²) in [6, 6.07) is 13.1. The second-order valence-corrected chi connectivity index (χ2v) is 6.42. The molecule has 0 saturated heterocycles. The van der Waals surface area contributed by atoms with E-state index in [1.165, 1.54) is 12.1 Å². The smallest absolute Gasteiger partial charge is 0.417 e. The number of benzene rings is 2. The molecule has 2 N–H and O–H groups in total. The monoisotopic (exact) mass is 385 g/mol. The van der Waals surface area contributed by atoms with E-state index in [1.54, 1.807) is 0 Å². The molecule has 0 aromatic heterocycles. The van der Waals surface area contributed by atoms with Crippen molar-refractivity contribution in [3.63, 3.8) is 0 Å². The summed E-state index contributed by atoms with van der Waals surface area (Å²) in [5.74, 6) is -0.907. The van der Waals surface area contributed by atoms with Gasteiger partial charge in [0.15, 0.2) is 0 Å². The Kier molecular flexibility index (Phi) is 7.06. The summed E-state index contributed by atoms with van der Waals surface area (Å²) < 4.78 is 38.9. The Morgan fingerprint density at radius 2 is 1.81 bits per heavy atom. The molecule has 0 spiro atoms. The average Bonchev–Trinajstić information content (AvgIpc) is 2.58. The van der Waals surface area contributed by atoms with E-state index in [2.05, 4.69) is 5.32 Å². The summed E-state index contributed by atoms with van der Waals surface area (Å²) in [5.41, 5.74) is 0.598. The summed E-state index contributed by atoms with van der Waals surface area (Å²) in [7, 11) is 0. The number of halogens is 4. The van der Waals surface area contributed by atoms with Gasteiger partial charge >= 0.3 is 12.1 Å². The molecule has 0 aliphatic carbocycles. The van der Waals surface area contributed by atoms with Crippen molar-refractivity contribution < 1.29 is 23.1 Å². The molecule has 1 unspecified atom stereocenters. The first-order valence-electron chi connectivity index (χ1n) is 8.10. The lowest BCUT2D eigenvalue weighted by molar-refractivity contribution is -0.138. The fraction of sp³-hybridized carbons (Fsp3) is 0.316. The molecule has 2 rings (SSSR count). The van der Waals surface area contributed by atoms with Crippen LogP contribution in [0.3, 0.4) is 0 Å². The number of carboxylic acid groups (broad SMARTS) is 1. The first-order chi connectivity index (χ1) is 12.3. The Bertz CT molecular complexity index is 735. The van der Waals surface area contributed by atoms with Gasteiger partial charge < -0.3 is 10.4 Å². The fourth-order valence-electron chi connectivity index (χ4n) is 2.63. The van der Waals surface area contributed by atoms with Crippen molar-refractivity contribution in [2.24, 2.45) is 0 Å². The van der Waals surface area contributed by atoms with Gasteiger partial charge in [-0.2, -0.15) is 13.2 Å². The quantitative estimate of drug-likeness (QED) is 0.677. The van der Waals surface area contributed by atoms with Crippen molar-refractivity contribution in [2.75, 3.05) is 0 Å². The molecule has 2 aromatic carbocycles. The van der Waals surface area contributed by atoms with Crippen LogP contribution in [0.4, 0.5) is 13.2 Å². The summed E-state index contributed by atoms with van der Waals surface area (Å²) in [5, 5.41) is 11.7. The molecular formula is C19H19ClF3NO2. The molecule has 0 amide bonds. The van der Waals surface area contributed by atoms with E-state index in [0.29, 0.717) is 18.4 Å². The molecule has 7 heteroatoms. The number of aliphatic carboxylic acids is 1. The van der Waals surface area contributed by atoms with Gasteiger partial charge in [0.05, 0.1) is 10.6 Å². The number of carbonyl (C=O) groups is 1. The van der Waals surface area contributed by atoms with Crippen molar-refractivity contribution in [2.45, 2.75) is 38.0 Å². The number of rotatable bonds is 8. The second kappa shape index (κ2) is 9.05. The van der Waals surface area contributed by atoms with Gasteiger partial charge in [0, 0.05) is 19.0 Å². The molecule has 0 fully saturated rings. The van der Waals surface area contributed by atoms with Crippen molar-refractivity contribution in [1.29, 1.82) is 0 Å². The Labute approximate surface area is 154 Å². The second-order valence-electron chi connectivity index (χ2n) is 6.01. The van der Waals surface area contributed by atoms with E-state index in [4.69, 9.17) is 16.7 Å².